The van der Waals surface area contributed by atoms with Crippen LogP contribution in [0, 0.1) is 0 Å². The summed E-state index contributed by atoms with van der Waals surface area (Å²) >= 11 is 0. The van der Waals surface area contributed by atoms with Gasteiger partial charge in [-0.15, -0.1) is 0 Å². The van der Waals surface area contributed by atoms with Gasteiger partial charge in [-0.3, -0.25) is 24.0 Å². The second-order valence-corrected chi connectivity index (χ2v) is 6.08. The van der Waals surface area contributed by atoms with Crippen LogP contribution < -0.4 is 21.7 Å². The highest BCUT2D eigenvalue weighted by Gasteiger charge is 2.31. The molecule has 0 aromatic carbocycles. The van der Waals surface area contributed by atoms with E-state index >= 15 is 0 Å². The molecule has 5 atom stereocenters. The van der Waals surface area contributed by atoms with Gasteiger partial charge >= 0.3 is 11.9 Å². The third-order valence-corrected chi connectivity index (χ3v) is 3.61. The molecule has 0 fully saturated rings. The standard InChI is InChI=1S/C15H26N4O9/c1-6(15(27)28)17-13(25)9(3-4-10(22)23)18-14(26)11(7(2)21)19-12(24)8(16)5-20/h6-9,11,20-21H,3-5,16H2,1-2H3,(H,17,25)(H,18,26)(H,19,24)(H,22,23)(H,27,28). The Morgan fingerprint density at radius 1 is 0.929 bits per heavy atom. The lowest BCUT2D eigenvalue weighted by Gasteiger charge is -2.25. The summed E-state index contributed by atoms with van der Waals surface area (Å²) < 4.78 is 0. The van der Waals surface area contributed by atoms with E-state index in [9.17, 15) is 29.1 Å². The van der Waals surface area contributed by atoms with Crippen LogP contribution in [0.3, 0.4) is 0 Å². The van der Waals surface area contributed by atoms with Crippen molar-refractivity contribution in [2.75, 3.05) is 6.61 Å². The van der Waals surface area contributed by atoms with Crippen LogP contribution in [-0.2, 0) is 24.0 Å². The predicted octanol–water partition coefficient (Wildman–Crippen LogP) is -3.89. The summed E-state index contributed by atoms with van der Waals surface area (Å²) in [5.41, 5.74) is 5.32. The lowest BCUT2D eigenvalue weighted by atomic mass is 10.1. The van der Waals surface area contributed by atoms with E-state index in [-0.39, 0.29) is 6.42 Å². The average Bonchev–Trinajstić information content (AvgIpc) is 2.60. The van der Waals surface area contributed by atoms with Gasteiger partial charge < -0.3 is 42.1 Å². The first-order valence-corrected chi connectivity index (χ1v) is 8.30. The van der Waals surface area contributed by atoms with Crippen LogP contribution >= 0.6 is 0 Å². The molecule has 0 saturated heterocycles. The Balaban J connectivity index is 5.29. The van der Waals surface area contributed by atoms with Crippen LogP contribution in [-0.4, -0.2) is 87.0 Å². The maximum atomic E-state index is 12.4. The van der Waals surface area contributed by atoms with E-state index in [4.69, 9.17) is 21.1 Å². The number of carboxylic acid groups (broad SMARTS) is 2. The van der Waals surface area contributed by atoms with Gasteiger partial charge in [-0.2, -0.15) is 0 Å². The van der Waals surface area contributed by atoms with Crippen LogP contribution in [0.4, 0.5) is 0 Å². The quantitative estimate of drug-likeness (QED) is 0.157. The van der Waals surface area contributed by atoms with Gasteiger partial charge in [0.15, 0.2) is 0 Å². The highest BCUT2D eigenvalue weighted by Crippen LogP contribution is 2.02. The van der Waals surface area contributed by atoms with Crippen molar-refractivity contribution in [2.24, 2.45) is 5.73 Å². The number of hydrogen-bond acceptors (Lipinski definition) is 8. The Morgan fingerprint density at radius 3 is 1.93 bits per heavy atom. The Bertz CT molecular complexity index is 596. The van der Waals surface area contributed by atoms with Crippen molar-refractivity contribution >= 4 is 29.7 Å². The molecule has 0 aliphatic heterocycles. The van der Waals surface area contributed by atoms with Gasteiger partial charge in [-0.05, 0) is 20.3 Å². The number of nitrogens with two attached hydrogens (primary N) is 1. The van der Waals surface area contributed by atoms with Gasteiger partial charge in [-0.1, -0.05) is 0 Å². The van der Waals surface area contributed by atoms with Crippen molar-refractivity contribution in [3.05, 3.63) is 0 Å². The Hall–Kier alpha value is -2.77. The fourth-order valence-electron chi connectivity index (χ4n) is 1.92. The number of aliphatic hydroxyl groups excluding tert-OH is 2. The maximum Gasteiger partial charge on any atom is 0.325 e. The fourth-order valence-corrected chi connectivity index (χ4v) is 1.92. The fraction of sp³-hybridized carbons (Fsp3) is 0.667. The number of aliphatic carboxylic acids is 2. The molecule has 0 aromatic heterocycles. The van der Waals surface area contributed by atoms with Gasteiger partial charge in [-0.25, -0.2) is 0 Å². The van der Waals surface area contributed by atoms with Gasteiger partial charge in [0.2, 0.25) is 17.7 Å². The highest BCUT2D eigenvalue weighted by molar-refractivity contribution is 5.94. The molecule has 0 spiro atoms. The molecule has 5 unspecified atom stereocenters. The number of carboxylic acids is 2. The zero-order chi connectivity index (χ0) is 22.0. The summed E-state index contributed by atoms with van der Waals surface area (Å²) in [6.45, 7) is 1.63. The molecule has 0 bridgehead atoms. The van der Waals surface area contributed by atoms with E-state index in [2.05, 4.69) is 16.0 Å². The van der Waals surface area contributed by atoms with Crippen LogP contribution in [0.15, 0.2) is 0 Å². The summed E-state index contributed by atoms with van der Waals surface area (Å²) in [4.78, 5) is 57.9. The number of aliphatic hydroxyl groups is 2. The van der Waals surface area contributed by atoms with Crippen molar-refractivity contribution < 1.29 is 44.4 Å². The van der Waals surface area contributed by atoms with E-state index in [1.807, 2.05) is 0 Å². The smallest absolute Gasteiger partial charge is 0.325 e. The molecular formula is C15H26N4O9. The molecule has 13 nitrogen and oxygen atoms in total. The third kappa shape index (κ3) is 8.75. The van der Waals surface area contributed by atoms with Crippen molar-refractivity contribution in [3.8, 4) is 0 Å². The zero-order valence-electron chi connectivity index (χ0n) is 15.4. The largest absolute Gasteiger partial charge is 0.481 e. The molecular weight excluding hydrogens is 380 g/mol. The molecule has 0 heterocycles. The number of hydrogen-bond donors (Lipinski definition) is 8. The molecule has 0 radical (unpaired) electrons. The molecule has 160 valence electrons. The summed E-state index contributed by atoms with van der Waals surface area (Å²) in [6, 6.07) is -5.64. The SMILES string of the molecule is CC(NC(=O)C(CCC(=O)O)NC(=O)C(NC(=O)C(N)CO)C(C)O)C(=O)O. The maximum absolute atomic E-state index is 12.4. The number of carbonyl (C=O) groups is 5. The highest BCUT2D eigenvalue weighted by atomic mass is 16.4. The monoisotopic (exact) mass is 406 g/mol. The zero-order valence-corrected chi connectivity index (χ0v) is 15.4. The van der Waals surface area contributed by atoms with E-state index in [0.717, 1.165) is 0 Å². The first-order valence-electron chi connectivity index (χ1n) is 8.30. The van der Waals surface area contributed by atoms with Gasteiger partial charge in [0.25, 0.3) is 0 Å². The van der Waals surface area contributed by atoms with Gasteiger partial charge in [0.1, 0.15) is 24.2 Å². The predicted molar refractivity (Wildman–Crippen MR) is 92.7 cm³/mol. The van der Waals surface area contributed by atoms with Crippen LogP contribution in [0.25, 0.3) is 0 Å². The lowest BCUT2D eigenvalue weighted by Crippen LogP contribution is -2.60. The normalized spacial score (nSPS) is 16.0. The minimum Gasteiger partial charge on any atom is -0.481 e. The minimum atomic E-state index is -1.55. The van der Waals surface area contributed by atoms with Crippen molar-refractivity contribution in [3.63, 3.8) is 0 Å². The molecule has 13 heteroatoms. The molecule has 3 amide bonds. The molecule has 0 aromatic rings. The Kier molecular flexibility index (Phi) is 10.7. The minimum absolute atomic E-state index is 0.365. The van der Waals surface area contributed by atoms with E-state index in [1.165, 1.54) is 13.8 Å². The summed E-state index contributed by atoms with van der Waals surface area (Å²) in [5.74, 6) is -5.51. The molecule has 0 rings (SSSR count). The van der Waals surface area contributed by atoms with Crippen molar-refractivity contribution in [1.29, 1.82) is 0 Å². The number of nitrogens with one attached hydrogen (secondary N) is 3. The molecule has 0 saturated carbocycles. The summed E-state index contributed by atoms with van der Waals surface area (Å²) in [5, 5.41) is 42.6. The van der Waals surface area contributed by atoms with E-state index < -0.39 is 73.0 Å². The molecule has 28 heavy (non-hydrogen) atoms. The summed E-state index contributed by atoms with van der Waals surface area (Å²) in [7, 11) is 0. The Labute approximate surface area is 160 Å². The molecule has 9 N–H and O–H groups in total. The molecule has 0 aliphatic carbocycles. The first kappa shape index (κ1) is 25.2. The van der Waals surface area contributed by atoms with Crippen molar-refractivity contribution in [2.45, 2.75) is 57.0 Å². The number of carbonyl (C=O) groups excluding carboxylic acids is 3. The van der Waals surface area contributed by atoms with Crippen molar-refractivity contribution in [1.82, 2.24) is 16.0 Å². The number of amides is 3. The third-order valence-electron chi connectivity index (χ3n) is 3.61. The van der Waals surface area contributed by atoms with E-state index in [1.54, 1.807) is 0 Å². The lowest BCUT2D eigenvalue weighted by molar-refractivity contribution is -0.142. The van der Waals surface area contributed by atoms with Crippen LogP contribution in [0.2, 0.25) is 0 Å². The topological polar surface area (TPSA) is 228 Å². The average molecular weight is 406 g/mol. The second-order valence-electron chi connectivity index (χ2n) is 6.08. The van der Waals surface area contributed by atoms with Gasteiger partial charge in [0, 0.05) is 6.42 Å². The first-order chi connectivity index (χ1) is 12.9. The van der Waals surface area contributed by atoms with Gasteiger partial charge in [0.05, 0.1) is 12.7 Å². The molecule has 0 aliphatic rings. The summed E-state index contributed by atoms with van der Waals surface area (Å²) in [6.07, 6.45) is -2.30. The van der Waals surface area contributed by atoms with Crippen LogP contribution in [0.5, 0.6) is 0 Å². The van der Waals surface area contributed by atoms with E-state index in [0.29, 0.717) is 0 Å². The second kappa shape index (κ2) is 11.8. The van der Waals surface area contributed by atoms with Crippen LogP contribution in [0.1, 0.15) is 26.7 Å². The number of rotatable bonds is 12. The Morgan fingerprint density at radius 2 is 1.50 bits per heavy atom.